The predicted molar refractivity (Wildman–Crippen MR) is 63.5 cm³/mol. The third-order valence-corrected chi connectivity index (χ3v) is 3.46. The molecule has 2 aliphatic rings. The molecular formula is C13H24O4. The van der Waals surface area contributed by atoms with Crippen LogP contribution in [0.5, 0.6) is 0 Å². The van der Waals surface area contributed by atoms with E-state index in [-0.39, 0.29) is 12.2 Å². The molecule has 2 saturated heterocycles. The highest BCUT2D eigenvalue weighted by atomic mass is 16.8. The van der Waals surface area contributed by atoms with Gasteiger partial charge < -0.3 is 19.3 Å². The molecule has 4 heteroatoms. The van der Waals surface area contributed by atoms with Crippen LogP contribution in [0.4, 0.5) is 0 Å². The molecule has 4 atom stereocenters. The van der Waals surface area contributed by atoms with Gasteiger partial charge in [-0.1, -0.05) is 32.6 Å². The Morgan fingerprint density at radius 1 is 1.12 bits per heavy atom. The highest BCUT2D eigenvalue weighted by molar-refractivity contribution is 4.92. The maximum Gasteiger partial charge on any atom is 0.190 e. The molecule has 0 radical (unpaired) electrons. The van der Waals surface area contributed by atoms with Crippen LogP contribution < -0.4 is 0 Å². The summed E-state index contributed by atoms with van der Waals surface area (Å²) in [7, 11) is 0. The van der Waals surface area contributed by atoms with E-state index in [1.54, 1.807) is 0 Å². The molecule has 0 saturated carbocycles. The molecule has 2 aliphatic heterocycles. The van der Waals surface area contributed by atoms with Crippen LogP contribution in [0.1, 0.15) is 52.9 Å². The van der Waals surface area contributed by atoms with Crippen LogP contribution in [0.15, 0.2) is 0 Å². The van der Waals surface area contributed by atoms with Crippen LogP contribution in [-0.4, -0.2) is 35.5 Å². The Morgan fingerprint density at radius 2 is 1.88 bits per heavy atom. The predicted octanol–water partition coefficient (Wildman–Crippen LogP) is 2.19. The highest BCUT2D eigenvalue weighted by Gasteiger charge is 2.53. The van der Waals surface area contributed by atoms with Gasteiger partial charge in [0.05, 0.1) is 6.10 Å². The van der Waals surface area contributed by atoms with Crippen molar-refractivity contribution >= 4 is 0 Å². The van der Waals surface area contributed by atoms with Gasteiger partial charge in [0.25, 0.3) is 0 Å². The molecule has 2 heterocycles. The van der Waals surface area contributed by atoms with Crippen molar-refractivity contribution in [2.24, 2.45) is 0 Å². The first kappa shape index (κ1) is 13.3. The van der Waals surface area contributed by atoms with E-state index in [0.717, 1.165) is 12.8 Å². The van der Waals surface area contributed by atoms with Gasteiger partial charge >= 0.3 is 0 Å². The summed E-state index contributed by atoms with van der Waals surface area (Å²) in [6.45, 7) is 5.88. The zero-order chi connectivity index (χ0) is 12.5. The summed E-state index contributed by atoms with van der Waals surface area (Å²) < 4.78 is 17.0. The molecule has 2 rings (SSSR count). The van der Waals surface area contributed by atoms with E-state index in [2.05, 4.69) is 6.92 Å². The molecule has 17 heavy (non-hydrogen) atoms. The minimum Gasteiger partial charge on any atom is -0.387 e. The lowest BCUT2D eigenvalue weighted by Crippen LogP contribution is -2.34. The van der Waals surface area contributed by atoms with E-state index in [4.69, 9.17) is 14.2 Å². The van der Waals surface area contributed by atoms with Crippen LogP contribution in [0.25, 0.3) is 0 Å². The van der Waals surface area contributed by atoms with E-state index in [1.165, 1.54) is 19.3 Å². The molecule has 0 unspecified atom stereocenters. The first-order valence-corrected chi connectivity index (χ1v) is 6.72. The van der Waals surface area contributed by atoms with E-state index < -0.39 is 18.2 Å². The van der Waals surface area contributed by atoms with E-state index in [9.17, 15) is 5.11 Å². The fourth-order valence-electron chi connectivity index (χ4n) is 2.57. The van der Waals surface area contributed by atoms with E-state index in [0.29, 0.717) is 0 Å². The quantitative estimate of drug-likeness (QED) is 0.753. The van der Waals surface area contributed by atoms with Gasteiger partial charge in [-0.3, -0.25) is 0 Å². The van der Waals surface area contributed by atoms with Gasteiger partial charge in [0.1, 0.15) is 12.2 Å². The Labute approximate surface area is 103 Å². The van der Waals surface area contributed by atoms with Gasteiger partial charge in [0.2, 0.25) is 0 Å². The maximum atomic E-state index is 10.1. The van der Waals surface area contributed by atoms with E-state index in [1.807, 2.05) is 13.8 Å². The summed E-state index contributed by atoms with van der Waals surface area (Å²) in [4.78, 5) is 0. The standard InChI is InChI=1S/C13H24O4/c1-4-5-6-7-8-9-10(14)11-12(15-9)17-13(2,3)16-11/h9-12,14H,4-8H2,1-3H3/t9-,10+,11-,12-/m1/s1. The molecule has 0 aromatic carbocycles. The Hall–Kier alpha value is -0.160. The molecule has 100 valence electrons. The Balaban J connectivity index is 1.78. The number of rotatable bonds is 5. The van der Waals surface area contributed by atoms with Crippen LogP contribution in [0.2, 0.25) is 0 Å². The molecular weight excluding hydrogens is 220 g/mol. The number of fused-ring (bicyclic) bond motifs is 1. The summed E-state index contributed by atoms with van der Waals surface area (Å²) in [5.41, 5.74) is 0. The zero-order valence-electron chi connectivity index (χ0n) is 11.0. The largest absolute Gasteiger partial charge is 0.387 e. The van der Waals surface area contributed by atoms with Crippen LogP contribution in [0, 0.1) is 0 Å². The lowest BCUT2D eigenvalue weighted by Gasteiger charge is -2.22. The molecule has 0 aliphatic carbocycles. The second kappa shape index (κ2) is 5.22. The van der Waals surface area contributed by atoms with Crippen molar-refractivity contribution in [3.8, 4) is 0 Å². The molecule has 0 aromatic rings. The minimum absolute atomic E-state index is 0.127. The zero-order valence-corrected chi connectivity index (χ0v) is 11.0. The van der Waals surface area contributed by atoms with Gasteiger partial charge in [-0.15, -0.1) is 0 Å². The number of aliphatic hydroxyl groups excluding tert-OH is 1. The molecule has 2 fully saturated rings. The molecule has 4 nitrogen and oxygen atoms in total. The minimum atomic E-state index is -0.635. The average Bonchev–Trinajstić information content (AvgIpc) is 2.69. The number of ether oxygens (including phenoxy) is 3. The van der Waals surface area contributed by atoms with Gasteiger partial charge in [-0.2, -0.15) is 0 Å². The topological polar surface area (TPSA) is 47.9 Å². The van der Waals surface area contributed by atoms with Crippen LogP contribution >= 0.6 is 0 Å². The van der Waals surface area contributed by atoms with Crippen LogP contribution in [-0.2, 0) is 14.2 Å². The number of unbranched alkanes of at least 4 members (excludes halogenated alkanes) is 3. The van der Waals surface area contributed by atoms with Crippen molar-refractivity contribution < 1.29 is 19.3 Å². The average molecular weight is 244 g/mol. The van der Waals surface area contributed by atoms with Gasteiger partial charge in [0, 0.05) is 0 Å². The highest BCUT2D eigenvalue weighted by Crippen LogP contribution is 2.38. The monoisotopic (exact) mass is 244 g/mol. The molecule has 1 N–H and O–H groups in total. The normalized spacial score (nSPS) is 39.5. The first-order valence-electron chi connectivity index (χ1n) is 6.72. The summed E-state index contributed by atoms with van der Waals surface area (Å²) in [5.74, 6) is -0.635. The maximum absolute atomic E-state index is 10.1. The van der Waals surface area contributed by atoms with Crippen molar-refractivity contribution in [3.05, 3.63) is 0 Å². The lowest BCUT2D eigenvalue weighted by molar-refractivity contribution is -0.215. The molecule has 0 bridgehead atoms. The summed E-state index contributed by atoms with van der Waals surface area (Å²) >= 11 is 0. The van der Waals surface area contributed by atoms with Crippen molar-refractivity contribution in [3.63, 3.8) is 0 Å². The van der Waals surface area contributed by atoms with Gasteiger partial charge in [-0.25, -0.2) is 0 Å². The number of hydrogen-bond donors (Lipinski definition) is 1. The third kappa shape index (κ3) is 2.99. The number of aliphatic hydroxyl groups is 1. The summed E-state index contributed by atoms with van der Waals surface area (Å²) in [6.07, 6.45) is 4.26. The Morgan fingerprint density at radius 3 is 2.53 bits per heavy atom. The Kier molecular flexibility index (Phi) is 4.08. The van der Waals surface area contributed by atoms with Gasteiger partial charge in [-0.05, 0) is 20.3 Å². The van der Waals surface area contributed by atoms with Crippen molar-refractivity contribution in [1.29, 1.82) is 0 Å². The van der Waals surface area contributed by atoms with Gasteiger partial charge in [0.15, 0.2) is 12.1 Å². The van der Waals surface area contributed by atoms with Crippen molar-refractivity contribution in [2.75, 3.05) is 0 Å². The lowest BCUT2D eigenvalue weighted by atomic mass is 10.0. The summed E-state index contributed by atoms with van der Waals surface area (Å²) in [6, 6.07) is 0. The van der Waals surface area contributed by atoms with Crippen LogP contribution in [0.3, 0.4) is 0 Å². The molecule has 0 spiro atoms. The first-order chi connectivity index (χ1) is 8.03. The van der Waals surface area contributed by atoms with Crippen molar-refractivity contribution in [2.45, 2.75) is 83.3 Å². The Bertz CT molecular complexity index is 254. The summed E-state index contributed by atoms with van der Waals surface area (Å²) in [5, 5.41) is 10.1. The fraction of sp³-hybridized carbons (Fsp3) is 1.00. The second-order valence-electron chi connectivity index (χ2n) is 5.48. The molecule has 0 amide bonds. The SMILES string of the molecule is CCCCCC[C@H]1O[C@@H]2OC(C)(C)O[C@@H]2[C@H]1O. The number of hydrogen-bond acceptors (Lipinski definition) is 4. The van der Waals surface area contributed by atoms with Crippen molar-refractivity contribution in [1.82, 2.24) is 0 Å². The third-order valence-electron chi connectivity index (χ3n) is 3.46. The van der Waals surface area contributed by atoms with E-state index >= 15 is 0 Å². The fourth-order valence-corrected chi connectivity index (χ4v) is 2.57. The smallest absolute Gasteiger partial charge is 0.190 e. The molecule has 0 aromatic heterocycles. The second-order valence-corrected chi connectivity index (χ2v) is 5.48.